The molecule has 1 N–H and O–H groups in total. The first-order chi connectivity index (χ1) is 11.5. The molecule has 0 aliphatic carbocycles. The lowest BCUT2D eigenvalue weighted by Gasteiger charge is -2.18. The zero-order chi connectivity index (χ0) is 17.5. The van der Waals surface area contributed by atoms with Crippen molar-refractivity contribution in [2.75, 3.05) is 25.5 Å². The maximum Gasteiger partial charge on any atom is 0.233 e. The fourth-order valence-corrected chi connectivity index (χ4v) is 2.92. The lowest BCUT2D eigenvalue weighted by Crippen LogP contribution is -2.31. The van der Waals surface area contributed by atoms with Crippen molar-refractivity contribution in [3.05, 3.63) is 28.8 Å². The van der Waals surface area contributed by atoms with E-state index in [1.54, 1.807) is 24.1 Å². The van der Waals surface area contributed by atoms with Gasteiger partial charge in [-0.1, -0.05) is 17.7 Å². The van der Waals surface area contributed by atoms with E-state index in [0.717, 1.165) is 37.9 Å². The molecule has 1 fully saturated rings. The number of carbonyl (C=O) groups excluding carboxylic acids is 2. The number of benzene rings is 1. The van der Waals surface area contributed by atoms with Crippen molar-refractivity contribution in [1.82, 2.24) is 4.90 Å². The second-order valence-corrected chi connectivity index (χ2v) is 6.71. The van der Waals surface area contributed by atoms with Gasteiger partial charge < -0.3 is 15.0 Å². The third kappa shape index (κ3) is 5.80. The Balaban J connectivity index is 1.73. The summed E-state index contributed by atoms with van der Waals surface area (Å²) in [5.74, 6) is -0.504. The highest BCUT2D eigenvalue weighted by molar-refractivity contribution is 6.31. The summed E-state index contributed by atoms with van der Waals surface area (Å²) in [7, 11) is 1.73. The first-order valence-electron chi connectivity index (χ1n) is 8.37. The molecule has 0 bridgehead atoms. The van der Waals surface area contributed by atoms with Crippen LogP contribution in [-0.4, -0.2) is 43.0 Å². The van der Waals surface area contributed by atoms with Crippen molar-refractivity contribution in [3.63, 3.8) is 0 Å². The van der Waals surface area contributed by atoms with Crippen LogP contribution in [0, 0.1) is 6.92 Å². The van der Waals surface area contributed by atoms with Gasteiger partial charge in [-0.15, -0.1) is 0 Å². The fourth-order valence-electron chi connectivity index (χ4n) is 2.75. The number of hydrogen-bond donors (Lipinski definition) is 1. The molecule has 0 aromatic heterocycles. The fraction of sp³-hybridized carbons (Fsp3) is 0.556. The number of hydrogen-bond acceptors (Lipinski definition) is 3. The van der Waals surface area contributed by atoms with Gasteiger partial charge in [0, 0.05) is 30.9 Å². The Morgan fingerprint density at radius 1 is 1.42 bits per heavy atom. The van der Waals surface area contributed by atoms with Gasteiger partial charge in [-0.2, -0.15) is 0 Å². The maximum atomic E-state index is 12.1. The third-order valence-electron chi connectivity index (χ3n) is 4.25. The lowest BCUT2D eigenvalue weighted by molar-refractivity contribution is -0.133. The highest BCUT2D eigenvalue weighted by Crippen LogP contribution is 2.20. The first kappa shape index (κ1) is 18.7. The number of aryl methyl sites for hydroxylation is 1. The minimum Gasteiger partial charge on any atom is -0.378 e. The Morgan fingerprint density at radius 3 is 2.92 bits per heavy atom. The summed E-state index contributed by atoms with van der Waals surface area (Å²) in [6.07, 6.45) is 4.26. The Morgan fingerprint density at radius 2 is 2.21 bits per heavy atom. The Labute approximate surface area is 148 Å². The first-order valence-corrected chi connectivity index (χ1v) is 8.75. The zero-order valence-corrected chi connectivity index (χ0v) is 15.1. The molecule has 1 saturated heterocycles. The van der Waals surface area contributed by atoms with Gasteiger partial charge in [0.25, 0.3) is 0 Å². The third-order valence-corrected chi connectivity index (χ3v) is 4.49. The second kappa shape index (κ2) is 9.04. The van der Waals surface area contributed by atoms with E-state index in [9.17, 15) is 9.59 Å². The van der Waals surface area contributed by atoms with Gasteiger partial charge in [-0.3, -0.25) is 9.59 Å². The Hall–Kier alpha value is -1.59. The number of nitrogens with one attached hydrogen (secondary N) is 1. The van der Waals surface area contributed by atoms with Crippen LogP contribution in [0.15, 0.2) is 18.2 Å². The van der Waals surface area contributed by atoms with Crippen LogP contribution in [0.1, 0.15) is 37.7 Å². The summed E-state index contributed by atoms with van der Waals surface area (Å²) in [5, 5.41) is 3.30. The van der Waals surface area contributed by atoms with Gasteiger partial charge in [-0.25, -0.2) is 0 Å². The summed E-state index contributed by atoms with van der Waals surface area (Å²) in [6, 6.07) is 5.28. The van der Waals surface area contributed by atoms with Gasteiger partial charge in [0.2, 0.25) is 11.8 Å². The Bertz CT molecular complexity index is 586. The lowest BCUT2D eigenvalue weighted by atomic mass is 10.1. The van der Waals surface area contributed by atoms with Crippen molar-refractivity contribution in [2.45, 2.75) is 45.1 Å². The van der Waals surface area contributed by atoms with Crippen molar-refractivity contribution >= 4 is 29.1 Å². The van der Waals surface area contributed by atoms with E-state index >= 15 is 0 Å². The molecule has 132 valence electrons. The molecule has 2 amide bonds. The molecule has 1 unspecified atom stereocenters. The molecular formula is C18H25ClN2O3. The van der Waals surface area contributed by atoms with Crippen LogP contribution in [0.2, 0.25) is 5.02 Å². The predicted octanol–water partition coefficient (Wildman–Crippen LogP) is 3.39. The number of rotatable bonds is 7. The Kier molecular flexibility index (Phi) is 7.06. The summed E-state index contributed by atoms with van der Waals surface area (Å²) in [6.45, 7) is 3.37. The number of ether oxygens (including phenoxy) is 1. The largest absolute Gasteiger partial charge is 0.378 e. The molecule has 5 nitrogen and oxygen atoms in total. The average molecular weight is 353 g/mol. The van der Waals surface area contributed by atoms with E-state index in [-0.39, 0.29) is 18.2 Å². The molecule has 0 radical (unpaired) electrons. The van der Waals surface area contributed by atoms with Gasteiger partial charge in [0.05, 0.1) is 6.10 Å². The monoisotopic (exact) mass is 352 g/mol. The quantitative estimate of drug-likeness (QED) is 0.765. The molecule has 1 atom stereocenters. The van der Waals surface area contributed by atoms with E-state index in [1.165, 1.54) is 0 Å². The smallest absolute Gasteiger partial charge is 0.233 e. The molecule has 1 heterocycles. The molecule has 0 spiro atoms. The zero-order valence-electron chi connectivity index (χ0n) is 14.3. The van der Waals surface area contributed by atoms with Crippen LogP contribution in [0.3, 0.4) is 0 Å². The van der Waals surface area contributed by atoms with Crippen molar-refractivity contribution in [3.8, 4) is 0 Å². The molecule has 1 aliphatic rings. The highest BCUT2D eigenvalue weighted by atomic mass is 35.5. The summed E-state index contributed by atoms with van der Waals surface area (Å²) < 4.78 is 5.57. The molecule has 6 heteroatoms. The maximum absolute atomic E-state index is 12.1. The molecule has 1 aromatic rings. The predicted molar refractivity (Wildman–Crippen MR) is 95.3 cm³/mol. The molecule has 1 aromatic carbocycles. The normalized spacial score (nSPS) is 16.9. The minimum atomic E-state index is -0.323. The number of anilines is 1. The van der Waals surface area contributed by atoms with Crippen LogP contribution in [0.4, 0.5) is 5.69 Å². The second-order valence-electron chi connectivity index (χ2n) is 6.28. The van der Waals surface area contributed by atoms with Crippen LogP contribution in [0.5, 0.6) is 0 Å². The van der Waals surface area contributed by atoms with Gasteiger partial charge in [0.15, 0.2) is 0 Å². The van der Waals surface area contributed by atoms with E-state index < -0.39 is 0 Å². The standard InChI is InChI=1S/C18H25ClN2O3/c1-13-7-8-14(19)11-16(13)20-17(22)12-18(23)21(2)9-3-5-15-6-4-10-24-15/h7-8,11,15H,3-6,9-10,12H2,1-2H3,(H,20,22). The van der Waals surface area contributed by atoms with E-state index in [4.69, 9.17) is 16.3 Å². The molecule has 1 aliphatic heterocycles. The van der Waals surface area contributed by atoms with Crippen LogP contribution < -0.4 is 5.32 Å². The SMILES string of the molecule is Cc1ccc(Cl)cc1NC(=O)CC(=O)N(C)CCCC1CCCO1. The minimum absolute atomic E-state index is 0.164. The van der Waals surface area contributed by atoms with Crippen LogP contribution in [0.25, 0.3) is 0 Å². The number of nitrogens with zero attached hydrogens (tertiary/aromatic N) is 1. The summed E-state index contributed by atoms with van der Waals surface area (Å²) in [5.41, 5.74) is 1.55. The summed E-state index contributed by atoms with van der Waals surface area (Å²) >= 11 is 5.93. The molecular weight excluding hydrogens is 328 g/mol. The summed E-state index contributed by atoms with van der Waals surface area (Å²) in [4.78, 5) is 25.8. The number of carbonyl (C=O) groups is 2. The van der Waals surface area contributed by atoms with Crippen molar-refractivity contribution in [1.29, 1.82) is 0 Å². The van der Waals surface area contributed by atoms with E-state index in [2.05, 4.69) is 5.32 Å². The topological polar surface area (TPSA) is 58.6 Å². The van der Waals surface area contributed by atoms with Crippen molar-refractivity contribution < 1.29 is 14.3 Å². The van der Waals surface area contributed by atoms with E-state index in [1.807, 2.05) is 13.0 Å². The highest BCUT2D eigenvalue weighted by Gasteiger charge is 2.17. The molecule has 2 rings (SSSR count). The van der Waals surface area contributed by atoms with Gasteiger partial charge in [-0.05, 0) is 50.3 Å². The van der Waals surface area contributed by atoms with Crippen LogP contribution >= 0.6 is 11.6 Å². The molecule has 24 heavy (non-hydrogen) atoms. The van der Waals surface area contributed by atoms with E-state index in [0.29, 0.717) is 23.4 Å². The van der Waals surface area contributed by atoms with Crippen molar-refractivity contribution in [2.24, 2.45) is 0 Å². The number of halogens is 1. The molecule has 0 saturated carbocycles. The van der Waals surface area contributed by atoms with Crippen LogP contribution in [-0.2, 0) is 14.3 Å². The van der Waals surface area contributed by atoms with Gasteiger partial charge in [0.1, 0.15) is 6.42 Å². The van der Waals surface area contributed by atoms with Gasteiger partial charge >= 0.3 is 0 Å². The number of amides is 2. The average Bonchev–Trinajstić information content (AvgIpc) is 3.04.